The number of aromatic nitrogens is 3. The Bertz CT molecular complexity index is 1200. The molecule has 1 aliphatic carbocycles. The minimum atomic E-state index is -0.518. The van der Waals surface area contributed by atoms with Crippen molar-refractivity contribution in [1.82, 2.24) is 14.3 Å². The van der Waals surface area contributed by atoms with E-state index in [1.165, 1.54) is 11.7 Å². The molecule has 0 unspecified atom stereocenters. The SMILES string of the molecule is CCOC(=O)[C@@H](c1ccccc1)[C@H]1C=C[C@@H](n2[nH]c(=O)n(C)c2=O)c2ccccc21. The maximum atomic E-state index is 12.9. The van der Waals surface area contributed by atoms with Crippen LogP contribution in [0, 0.1) is 0 Å². The first kappa shape index (κ1) is 19.7. The number of hydrogen-bond acceptors (Lipinski definition) is 4. The fraction of sp³-hybridized carbons (Fsp3) is 0.261. The van der Waals surface area contributed by atoms with Gasteiger partial charge in [-0.15, -0.1) is 0 Å². The van der Waals surface area contributed by atoms with Gasteiger partial charge in [0.15, 0.2) is 0 Å². The van der Waals surface area contributed by atoms with Crippen LogP contribution in [0.1, 0.15) is 41.5 Å². The smallest absolute Gasteiger partial charge is 0.347 e. The number of rotatable bonds is 5. The standard InChI is InChI=1S/C23H23N3O4/c1-3-30-21(27)20(15-9-5-4-6-10-15)18-13-14-19(17-12-8-7-11-16(17)18)26-23(29)25(2)22(28)24-26/h4-14,18-20H,3H2,1-2H3,(H,24,28)/t18-,19+,20-/m0/s1. The Hall–Kier alpha value is -3.61. The van der Waals surface area contributed by atoms with Crippen molar-refractivity contribution in [2.24, 2.45) is 7.05 Å². The van der Waals surface area contributed by atoms with Gasteiger partial charge >= 0.3 is 17.3 Å². The van der Waals surface area contributed by atoms with Gasteiger partial charge in [-0.1, -0.05) is 66.7 Å². The number of esters is 1. The Labute approximate surface area is 173 Å². The van der Waals surface area contributed by atoms with E-state index in [9.17, 15) is 14.4 Å². The molecule has 0 radical (unpaired) electrons. The first-order chi connectivity index (χ1) is 14.5. The highest BCUT2D eigenvalue weighted by molar-refractivity contribution is 5.80. The van der Waals surface area contributed by atoms with Crippen molar-refractivity contribution in [2.45, 2.75) is 24.8 Å². The Morgan fingerprint density at radius 3 is 2.33 bits per heavy atom. The molecule has 4 rings (SSSR count). The van der Waals surface area contributed by atoms with Gasteiger partial charge in [-0.2, -0.15) is 0 Å². The number of carbonyl (C=O) groups excluding carboxylic acids is 1. The third kappa shape index (κ3) is 3.32. The second-order valence-corrected chi connectivity index (χ2v) is 7.25. The van der Waals surface area contributed by atoms with E-state index in [1.54, 1.807) is 6.92 Å². The van der Waals surface area contributed by atoms with Gasteiger partial charge in [0, 0.05) is 13.0 Å². The Morgan fingerprint density at radius 1 is 1.03 bits per heavy atom. The molecule has 3 atom stereocenters. The van der Waals surface area contributed by atoms with Crippen molar-refractivity contribution in [3.8, 4) is 0 Å². The van der Waals surface area contributed by atoms with Gasteiger partial charge < -0.3 is 4.74 Å². The molecule has 2 aromatic carbocycles. The van der Waals surface area contributed by atoms with Crippen LogP contribution in [0.25, 0.3) is 0 Å². The molecule has 1 aliphatic rings. The van der Waals surface area contributed by atoms with Crippen molar-refractivity contribution >= 4 is 5.97 Å². The number of carbonyl (C=O) groups is 1. The summed E-state index contributed by atoms with van der Waals surface area (Å²) in [7, 11) is 1.44. The van der Waals surface area contributed by atoms with Gasteiger partial charge in [-0.05, 0) is 23.6 Å². The molecule has 1 aromatic heterocycles. The maximum Gasteiger partial charge on any atom is 0.347 e. The van der Waals surface area contributed by atoms with Crippen LogP contribution < -0.4 is 11.4 Å². The third-order valence-corrected chi connectivity index (χ3v) is 5.52. The monoisotopic (exact) mass is 405 g/mol. The zero-order valence-electron chi connectivity index (χ0n) is 16.8. The van der Waals surface area contributed by atoms with E-state index in [2.05, 4.69) is 5.10 Å². The molecule has 0 bridgehead atoms. The molecule has 1 N–H and O–H groups in total. The molecule has 3 aromatic rings. The van der Waals surface area contributed by atoms with Crippen molar-refractivity contribution in [1.29, 1.82) is 0 Å². The van der Waals surface area contributed by atoms with Crippen molar-refractivity contribution in [3.63, 3.8) is 0 Å². The molecule has 0 amide bonds. The molecule has 1 heterocycles. The largest absolute Gasteiger partial charge is 0.465 e. The van der Waals surface area contributed by atoms with E-state index in [0.29, 0.717) is 6.61 Å². The average molecular weight is 405 g/mol. The normalized spacial score (nSPS) is 18.6. The van der Waals surface area contributed by atoms with Gasteiger partial charge in [-0.3, -0.25) is 4.79 Å². The number of aromatic amines is 1. The Kier molecular flexibility index (Phi) is 5.27. The summed E-state index contributed by atoms with van der Waals surface area (Å²) in [6.45, 7) is 2.09. The summed E-state index contributed by atoms with van der Waals surface area (Å²) in [6, 6.07) is 16.8. The van der Waals surface area contributed by atoms with Crippen LogP contribution in [0.4, 0.5) is 0 Å². The van der Waals surface area contributed by atoms with Crippen LogP contribution in [0.5, 0.6) is 0 Å². The molecule has 7 heteroatoms. The topological polar surface area (TPSA) is 86.1 Å². The minimum absolute atomic E-state index is 0.259. The Morgan fingerprint density at radius 2 is 1.70 bits per heavy atom. The predicted octanol–water partition coefficient (Wildman–Crippen LogP) is 2.46. The summed E-state index contributed by atoms with van der Waals surface area (Å²) in [5.41, 5.74) is 1.75. The predicted molar refractivity (Wildman–Crippen MR) is 113 cm³/mol. The number of nitrogens with zero attached hydrogens (tertiary/aromatic N) is 2. The lowest BCUT2D eigenvalue weighted by atomic mass is 9.75. The summed E-state index contributed by atoms with van der Waals surface area (Å²) >= 11 is 0. The summed E-state index contributed by atoms with van der Waals surface area (Å²) in [4.78, 5) is 37.4. The number of allylic oxidation sites excluding steroid dienone is 2. The molecule has 0 spiro atoms. The number of fused-ring (bicyclic) bond motifs is 1. The quantitative estimate of drug-likeness (QED) is 0.522. The second kappa shape index (κ2) is 8.02. The fourth-order valence-corrected chi connectivity index (χ4v) is 4.08. The van der Waals surface area contributed by atoms with Crippen molar-refractivity contribution < 1.29 is 9.53 Å². The Balaban J connectivity index is 1.84. The van der Waals surface area contributed by atoms with Crippen molar-refractivity contribution in [3.05, 3.63) is 104 Å². The fourth-order valence-electron chi connectivity index (χ4n) is 4.08. The number of H-pyrrole nitrogens is 1. The lowest BCUT2D eigenvalue weighted by molar-refractivity contribution is -0.145. The molecular weight excluding hydrogens is 382 g/mol. The van der Waals surface area contributed by atoms with Gasteiger partial charge in [0.2, 0.25) is 0 Å². The summed E-state index contributed by atoms with van der Waals surface area (Å²) < 4.78 is 7.75. The third-order valence-electron chi connectivity index (χ3n) is 5.52. The molecule has 0 saturated carbocycles. The van der Waals surface area contributed by atoms with E-state index in [1.807, 2.05) is 66.7 Å². The summed E-state index contributed by atoms with van der Waals surface area (Å²) in [5.74, 6) is -1.07. The minimum Gasteiger partial charge on any atom is -0.465 e. The average Bonchev–Trinajstić information content (AvgIpc) is 3.02. The van der Waals surface area contributed by atoms with E-state index in [-0.39, 0.29) is 11.9 Å². The zero-order valence-corrected chi connectivity index (χ0v) is 16.8. The number of hydrogen-bond donors (Lipinski definition) is 1. The van der Waals surface area contributed by atoms with E-state index < -0.39 is 23.3 Å². The van der Waals surface area contributed by atoms with Crippen LogP contribution in [0.2, 0.25) is 0 Å². The summed E-state index contributed by atoms with van der Waals surface area (Å²) in [5, 5.41) is 2.61. The first-order valence-electron chi connectivity index (χ1n) is 9.89. The molecular formula is C23H23N3O4. The molecule has 154 valence electrons. The van der Waals surface area contributed by atoms with Crippen LogP contribution in [-0.4, -0.2) is 26.9 Å². The molecule has 7 nitrogen and oxygen atoms in total. The zero-order chi connectivity index (χ0) is 21.3. The summed E-state index contributed by atoms with van der Waals surface area (Å²) in [6.07, 6.45) is 3.79. The van der Waals surface area contributed by atoms with Crippen LogP contribution in [0.15, 0.2) is 76.3 Å². The lowest BCUT2D eigenvalue weighted by Gasteiger charge is -2.31. The van der Waals surface area contributed by atoms with Crippen LogP contribution in [-0.2, 0) is 16.6 Å². The molecule has 0 aliphatic heterocycles. The van der Waals surface area contributed by atoms with E-state index >= 15 is 0 Å². The molecule has 30 heavy (non-hydrogen) atoms. The number of benzene rings is 2. The van der Waals surface area contributed by atoms with Gasteiger partial charge in [0.05, 0.1) is 18.6 Å². The van der Waals surface area contributed by atoms with Gasteiger partial charge in [0.25, 0.3) is 0 Å². The van der Waals surface area contributed by atoms with E-state index in [4.69, 9.17) is 4.74 Å². The van der Waals surface area contributed by atoms with Crippen LogP contribution >= 0.6 is 0 Å². The highest BCUT2D eigenvalue weighted by Gasteiger charge is 2.35. The van der Waals surface area contributed by atoms with Gasteiger partial charge in [0.1, 0.15) is 0 Å². The second-order valence-electron chi connectivity index (χ2n) is 7.25. The number of ether oxygens (including phenoxy) is 1. The highest BCUT2D eigenvalue weighted by Crippen LogP contribution is 2.42. The number of nitrogens with one attached hydrogen (secondary N) is 1. The first-order valence-corrected chi connectivity index (χ1v) is 9.89. The van der Waals surface area contributed by atoms with Crippen molar-refractivity contribution in [2.75, 3.05) is 6.61 Å². The van der Waals surface area contributed by atoms with Crippen LogP contribution in [0.3, 0.4) is 0 Å². The maximum absolute atomic E-state index is 12.9. The van der Waals surface area contributed by atoms with Gasteiger partial charge in [-0.25, -0.2) is 23.9 Å². The lowest BCUT2D eigenvalue weighted by Crippen LogP contribution is -2.31. The van der Waals surface area contributed by atoms with E-state index in [0.717, 1.165) is 21.3 Å². The highest BCUT2D eigenvalue weighted by atomic mass is 16.5. The molecule has 0 fully saturated rings. The molecule has 0 saturated heterocycles.